The third kappa shape index (κ3) is 5.87. The lowest BCUT2D eigenvalue weighted by molar-refractivity contribution is -0.274. The molecular formula is C25H21F3N6OS. The van der Waals surface area contributed by atoms with Crippen LogP contribution >= 0.6 is 12.2 Å². The number of hydrazone groups is 1. The summed E-state index contributed by atoms with van der Waals surface area (Å²) in [5.74, 6) is 0.143. The van der Waals surface area contributed by atoms with E-state index in [-0.39, 0.29) is 10.9 Å². The minimum absolute atomic E-state index is 0.132. The van der Waals surface area contributed by atoms with Crippen molar-refractivity contribution < 1.29 is 17.9 Å². The maximum Gasteiger partial charge on any atom is 0.573 e. The number of aromatic nitrogens is 3. The molecule has 0 aliphatic carbocycles. The number of benzene rings is 3. The van der Waals surface area contributed by atoms with Gasteiger partial charge in [0.15, 0.2) is 10.9 Å². The van der Waals surface area contributed by atoms with Crippen LogP contribution in [0, 0.1) is 13.8 Å². The van der Waals surface area contributed by atoms with Gasteiger partial charge in [0, 0.05) is 5.56 Å². The fourth-order valence-electron chi connectivity index (χ4n) is 3.53. The van der Waals surface area contributed by atoms with Gasteiger partial charge in [0.05, 0.1) is 17.6 Å². The zero-order chi connectivity index (χ0) is 25.9. The van der Waals surface area contributed by atoms with Crippen LogP contribution in [0.25, 0.3) is 17.1 Å². The molecule has 7 nitrogen and oxygen atoms in total. The van der Waals surface area contributed by atoms with Crippen molar-refractivity contribution in [3.63, 3.8) is 0 Å². The molecule has 0 aliphatic heterocycles. The number of nitrogens with two attached hydrogens (primary N) is 1. The summed E-state index contributed by atoms with van der Waals surface area (Å²) in [7, 11) is 0. The summed E-state index contributed by atoms with van der Waals surface area (Å²) in [4.78, 5) is 4.30. The zero-order valence-corrected chi connectivity index (χ0v) is 20.1. The topological polar surface area (TPSA) is 81.6 Å². The number of aryl methyl sites for hydroxylation is 2. The molecule has 0 fully saturated rings. The summed E-state index contributed by atoms with van der Waals surface area (Å²) < 4.78 is 42.4. The average Bonchev–Trinajstić information content (AvgIpc) is 3.31. The third-order valence-electron chi connectivity index (χ3n) is 5.18. The van der Waals surface area contributed by atoms with E-state index in [1.165, 1.54) is 40.3 Å². The van der Waals surface area contributed by atoms with Crippen LogP contribution < -0.4 is 15.5 Å². The quantitative estimate of drug-likeness (QED) is 0.209. The Morgan fingerprint density at radius 3 is 2.25 bits per heavy atom. The van der Waals surface area contributed by atoms with Crippen molar-refractivity contribution in [3.05, 3.63) is 89.7 Å². The first-order valence-electron chi connectivity index (χ1n) is 10.7. The van der Waals surface area contributed by atoms with Crippen LogP contribution in [-0.4, -0.2) is 32.5 Å². The number of para-hydroxylation sites is 1. The Morgan fingerprint density at radius 1 is 1.03 bits per heavy atom. The molecule has 0 amide bonds. The van der Waals surface area contributed by atoms with E-state index in [1.807, 2.05) is 56.3 Å². The molecule has 184 valence electrons. The lowest BCUT2D eigenvalue weighted by atomic mass is 10.1. The molecule has 36 heavy (non-hydrogen) atoms. The van der Waals surface area contributed by atoms with Crippen LogP contribution in [-0.2, 0) is 0 Å². The fraction of sp³-hybridized carbons (Fsp3) is 0.120. The maximum atomic E-state index is 12.3. The van der Waals surface area contributed by atoms with Crippen molar-refractivity contribution in [1.29, 1.82) is 0 Å². The zero-order valence-electron chi connectivity index (χ0n) is 19.3. The molecule has 0 unspecified atom stereocenters. The molecule has 0 saturated carbocycles. The van der Waals surface area contributed by atoms with Crippen molar-refractivity contribution in [3.8, 4) is 22.8 Å². The van der Waals surface area contributed by atoms with Gasteiger partial charge in [-0.2, -0.15) is 5.10 Å². The summed E-state index contributed by atoms with van der Waals surface area (Å²) >= 11 is 5.21. The Labute approximate surface area is 210 Å². The number of halogens is 3. The number of hydrogen-bond donors (Lipinski definition) is 1. The summed E-state index contributed by atoms with van der Waals surface area (Å²) in [5, 5.41) is 10.6. The second kappa shape index (κ2) is 10.2. The normalized spacial score (nSPS) is 11.6. The molecule has 0 spiro atoms. The van der Waals surface area contributed by atoms with Gasteiger partial charge in [-0.05, 0) is 67.0 Å². The summed E-state index contributed by atoms with van der Waals surface area (Å²) in [5.41, 5.74) is 10.9. The number of ether oxygens (including phenoxy) is 1. The highest BCUT2D eigenvalue weighted by Crippen LogP contribution is 2.26. The Kier molecular flexibility index (Phi) is 7.02. The molecule has 1 aromatic heterocycles. The van der Waals surface area contributed by atoms with Gasteiger partial charge >= 0.3 is 6.36 Å². The van der Waals surface area contributed by atoms with Crippen LogP contribution in [0.1, 0.15) is 16.7 Å². The highest BCUT2D eigenvalue weighted by atomic mass is 32.1. The molecular weight excluding hydrogens is 489 g/mol. The molecule has 3 aromatic carbocycles. The van der Waals surface area contributed by atoms with E-state index in [9.17, 15) is 13.2 Å². The molecule has 0 radical (unpaired) electrons. The predicted molar refractivity (Wildman–Crippen MR) is 136 cm³/mol. The van der Waals surface area contributed by atoms with Crippen molar-refractivity contribution in [2.45, 2.75) is 20.2 Å². The van der Waals surface area contributed by atoms with Gasteiger partial charge in [0.1, 0.15) is 12.1 Å². The first-order valence-corrected chi connectivity index (χ1v) is 11.1. The number of anilines is 1. The molecule has 4 rings (SSSR count). The van der Waals surface area contributed by atoms with Gasteiger partial charge < -0.3 is 10.5 Å². The van der Waals surface area contributed by atoms with Crippen LogP contribution in [0.4, 0.5) is 18.9 Å². The van der Waals surface area contributed by atoms with Gasteiger partial charge in [-0.25, -0.2) is 14.7 Å². The van der Waals surface area contributed by atoms with E-state index in [1.54, 1.807) is 6.21 Å². The van der Waals surface area contributed by atoms with Crippen LogP contribution in [0.15, 0.2) is 78.2 Å². The van der Waals surface area contributed by atoms with E-state index >= 15 is 0 Å². The molecule has 11 heteroatoms. The Bertz CT molecular complexity index is 1380. The van der Waals surface area contributed by atoms with Gasteiger partial charge in [-0.1, -0.05) is 42.5 Å². The largest absolute Gasteiger partial charge is 0.573 e. The molecule has 2 N–H and O–H groups in total. The van der Waals surface area contributed by atoms with Crippen LogP contribution in [0.3, 0.4) is 0 Å². The van der Waals surface area contributed by atoms with Gasteiger partial charge in [0.25, 0.3) is 0 Å². The lowest BCUT2D eigenvalue weighted by Gasteiger charge is -2.21. The SMILES string of the molecule is Cc1cccc(C)c1N(/N=C/c1ccc(-c2ncn(-c3ccc(OC(F)(F)F)cc3)n2)cc1)C(N)=S. The van der Waals surface area contributed by atoms with E-state index < -0.39 is 6.36 Å². The summed E-state index contributed by atoms with van der Waals surface area (Å²) in [6.07, 6.45) is -1.60. The van der Waals surface area contributed by atoms with E-state index in [0.29, 0.717) is 11.5 Å². The van der Waals surface area contributed by atoms with Crippen molar-refractivity contribution >= 4 is 29.2 Å². The lowest BCUT2D eigenvalue weighted by Crippen LogP contribution is -2.32. The minimum atomic E-state index is -4.74. The first-order chi connectivity index (χ1) is 17.1. The standard InChI is InChI=1S/C25H21F3N6OS/c1-16-4-3-5-17(2)22(16)34(24(29)36)31-14-18-6-8-19(9-7-18)23-30-15-33(32-23)20-10-12-21(13-11-20)35-25(26,27)28/h3-15H,1-2H3,(H2,29,36)/b31-14+. The molecule has 4 aromatic rings. The average molecular weight is 511 g/mol. The molecule has 0 bridgehead atoms. The van der Waals surface area contributed by atoms with Crippen molar-refractivity contribution in [2.75, 3.05) is 5.01 Å². The van der Waals surface area contributed by atoms with Crippen LogP contribution in [0.5, 0.6) is 5.75 Å². The summed E-state index contributed by atoms with van der Waals surface area (Å²) in [6.45, 7) is 3.93. The van der Waals surface area contributed by atoms with Crippen molar-refractivity contribution in [1.82, 2.24) is 14.8 Å². The number of nitrogens with zero attached hydrogens (tertiary/aromatic N) is 5. The smallest absolute Gasteiger partial charge is 0.406 e. The Balaban J connectivity index is 1.49. The molecule has 0 atom stereocenters. The monoisotopic (exact) mass is 510 g/mol. The second-order valence-electron chi connectivity index (χ2n) is 7.81. The second-order valence-corrected chi connectivity index (χ2v) is 8.23. The molecule has 0 saturated heterocycles. The van der Waals surface area contributed by atoms with Gasteiger partial charge in [-0.3, -0.25) is 0 Å². The third-order valence-corrected chi connectivity index (χ3v) is 5.35. The highest BCUT2D eigenvalue weighted by Gasteiger charge is 2.31. The number of alkyl halides is 3. The van der Waals surface area contributed by atoms with Gasteiger partial charge in [-0.15, -0.1) is 18.3 Å². The maximum absolute atomic E-state index is 12.3. The highest BCUT2D eigenvalue weighted by molar-refractivity contribution is 7.80. The molecule has 0 aliphatic rings. The van der Waals surface area contributed by atoms with E-state index in [4.69, 9.17) is 18.0 Å². The molecule has 1 heterocycles. The van der Waals surface area contributed by atoms with E-state index in [2.05, 4.69) is 19.9 Å². The van der Waals surface area contributed by atoms with E-state index in [0.717, 1.165) is 27.9 Å². The first kappa shape index (κ1) is 24.9. The van der Waals surface area contributed by atoms with Crippen molar-refractivity contribution in [2.24, 2.45) is 10.8 Å². The Morgan fingerprint density at radius 2 is 1.67 bits per heavy atom. The van der Waals surface area contributed by atoms with Gasteiger partial charge in [0.2, 0.25) is 0 Å². The predicted octanol–water partition coefficient (Wildman–Crippen LogP) is 5.53. The summed E-state index contributed by atoms with van der Waals surface area (Å²) in [6, 6.07) is 18.6. The number of thiocarbonyl (C=S) groups is 1. The fourth-order valence-corrected chi connectivity index (χ4v) is 3.67. The number of rotatable bonds is 6. The Hall–Kier alpha value is -4.25. The number of hydrogen-bond acceptors (Lipinski definition) is 5. The van der Waals surface area contributed by atoms with Crippen LogP contribution in [0.2, 0.25) is 0 Å². The minimum Gasteiger partial charge on any atom is -0.406 e.